The molecule has 2 aromatic rings. The lowest BCUT2D eigenvalue weighted by Crippen LogP contribution is -2.29. The smallest absolute Gasteiger partial charge is 0.343 e. The van der Waals surface area contributed by atoms with Crippen LogP contribution in [0.3, 0.4) is 0 Å². The number of halogens is 1. The van der Waals surface area contributed by atoms with Gasteiger partial charge in [0.15, 0.2) is 0 Å². The number of carboxylic acids is 1. The van der Waals surface area contributed by atoms with Crippen molar-refractivity contribution in [3.63, 3.8) is 0 Å². The van der Waals surface area contributed by atoms with Gasteiger partial charge in [-0.1, -0.05) is 11.6 Å². The highest BCUT2D eigenvalue weighted by molar-refractivity contribution is 7.90. The number of aliphatic hydroxyl groups excluding tert-OH is 1. The molecule has 1 heterocycles. The third kappa shape index (κ3) is 6.07. The summed E-state index contributed by atoms with van der Waals surface area (Å²) in [6.07, 6.45) is 1.35. The normalized spacial score (nSPS) is 11.4. The number of pyridine rings is 1. The first kappa shape index (κ1) is 23.9. The predicted octanol–water partition coefficient (Wildman–Crippen LogP) is 3.34. The monoisotopic (exact) mass is 456 g/mol. The molecule has 10 heteroatoms. The van der Waals surface area contributed by atoms with E-state index in [0.717, 1.165) is 6.26 Å². The van der Waals surface area contributed by atoms with Gasteiger partial charge >= 0.3 is 5.97 Å². The van der Waals surface area contributed by atoms with Gasteiger partial charge in [-0.2, -0.15) is 0 Å². The molecule has 0 aliphatic heterocycles. The molecule has 8 nitrogen and oxygen atoms in total. The number of aromatic carboxylic acids is 1. The topological polar surface area (TPSA) is 117 Å². The van der Waals surface area contributed by atoms with Crippen LogP contribution in [0.25, 0.3) is 0 Å². The quantitative estimate of drug-likeness (QED) is 0.551. The number of nitrogens with zero attached hydrogens (tertiary/aromatic N) is 2. The number of aryl methyl sites for hydroxylation is 3. The second-order valence-corrected chi connectivity index (χ2v) is 9.82. The Labute approximate surface area is 181 Å². The molecule has 0 aliphatic carbocycles. The maximum Gasteiger partial charge on any atom is 0.343 e. The van der Waals surface area contributed by atoms with Crippen molar-refractivity contribution in [2.75, 3.05) is 30.2 Å². The summed E-state index contributed by atoms with van der Waals surface area (Å²) in [5.41, 5.74) is 1.89. The number of rotatable bonds is 9. The molecule has 0 unspecified atom stereocenters. The zero-order valence-corrected chi connectivity index (χ0v) is 18.8. The molecule has 0 spiro atoms. The van der Waals surface area contributed by atoms with Gasteiger partial charge in [0.25, 0.3) is 0 Å². The van der Waals surface area contributed by atoms with Crippen molar-refractivity contribution < 1.29 is 28.2 Å². The number of hydrogen-bond donors (Lipinski definition) is 2. The molecule has 0 saturated carbocycles. The van der Waals surface area contributed by atoms with Crippen LogP contribution in [0.15, 0.2) is 18.2 Å². The summed E-state index contributed by atoms with van der Waals surface area (Å²) in [4.78, 5) is 17.7. The second kappa shape index (κ2) is 9.63. The van der Waals surface area contributed by atoms with Crippen LogP contribution in [-0.2, 0) is 9.84 Å². The first-order valence-electron chi connectivity index (χ1n) is 9.16. The van der Waals surface area contributed by atoms with Crippen LogP contribution in [0.2, 0.25) is 5.02 Å². The number of aliphatic hydroxyl groups is 1. The molecule has 0 atom stereocenters. The SMILES string of the molecule is Cc1cc(N(CO)CCCS(C)(=O)=O)c(C(=O)O)c(Oc2c(C)cc(Cl)cc2C)n1. The van der Waals surface area contributed by atoms with Crippen molar-refractivity contribution in [2.24, 2.45) is 0 Å². The van der Waals surface area contributed by atoms with Gasteiger partial charge in [-0.05, 0) is 56.5 Å². The maximum absolute atomic E-state index is 12.1. The number of sulfone groups is 1. The Morgan fingerprint density at radius 3 is 2.30 bits per heavy atom. The molecule has 0 aliphatic rings. The first-order chi connectivity index (χ1) is 13.9. The minimum absolute atomic E-state index is 0.0809. The van der Waals surface area contributed by atoms with Crippen molar-refractivity contribution in [2.45, 2.75) is 27.2 Å². The van der Waals surface area contributed by atoms with Crippen LogP contribution in [-0.4, -0.2) is 54.9 Å². The summed E-state index contributed by atoms with van der Waals surface area (Å²) in [5.74, 6) is -1.04. The van der Waals surface area contributed by atoms with E-state index in [4.69, 9.17) is 16.3 Å². The third-order valence-corrected chi connectivity index (χ3v) is 5.63. The number of carbonyl (C=O) groups is 1. The number of hydrogen-bond acceptors (Lipinski definition) is 7. The van der Waals surface area contributed by atoms with Gasteiger partial charge in [-0.15, -0.1) is 0 Å². The summed E-state index contributed by atoms with van der Waals surface area (Å²) in [7, 11) is -3.18. The maximum atomic E-state index is 12.1. The van der Waals surface area contributed by atoms with Crippen LogP contribution in [0.4, 0.5) is 5.69 Å². The molecule has 2 N–H and O–H groups in total. The molecule has 0 fully saturated rings. The van der Waals surface area contributed by atoms with E-state index in [0.29, 0.717) is 27.6 Å². The largest absolute Gasteiger partial charge is 0.477 e. The van der Waals surface area contributed by atoms with Crippen LogP contribution in [0.5, 0.6) is 11.6 Å². The van der Waals surface area contributed by atoms with Crippen LogP contribution in [0.1, 0.15) is 33.6 Å². The molecule has 0 amide bonds. The van der Waals surface area contributed by atoms with Crippen LogP contribution < -0.4 is 9.64 Å². The first-order valence-corrected chi connectivity index (χ1v) is 11.6. The average molecular weight is 457 g/mol. The van der Waals surface area contributed by atoms with Gasteiger partial charge in [0.05, 0.1) is 11.4 Å². The van der Waals surface area contributed by atoms with E-state index in [-0.39, 0.29) is 35.8 Å². The molecular formula is C20H25ClN2O6S. The van der Waals surface area contributed by atoms with E-state index in [1.54, 1.807) is 32.9 Å². The third-order valence-electron chi connectivity index (χ3n) is 4.39. The van der Waals surface area contributed by atoms with Crippen molar-refractivity contribution in [3.05, 3.63) is 45.6 Å². The number of benzene rings is 1. The minimum Gasteiger partial charge on any atom is -0.477 e. The molecule has 0 saturated heterocycles. The van der Waals surface area contributed by atoms with E-state index >= 15 is 0 Å². The Bertz CT molecular complexity index is 1030. The summed E-state index contributed by atoms with van der Waals surface area (Å²) >= 11 is 6.06. The molecule has 164 valence electrons. The molecule has 1 aromatic heterocycles. The lowest BCUT2D eigenvalue weighted by atomic mass is 10.1. The van der Waals surface area contributed by atoms with Crippen molar-refractivity contribution >= 4 is 33.1 Å². The number of anilines is 1. The van der Waals surface area contributed by atoms with Gasteiger partial charge < -0.3 is 19.8 Å². The predicted molar refractivity (Wildman–Crippen MR) is 116 cm³/mol. The minimum atomic E-state index is -3.18. The summed E-state index contributed by atoms with van der Waals surface area (Å²) in [6.45, 7) is 4.90. The van der Waals surface area contributed by atoms with Gasteiger partial charge in [0, 0.05) is 23.5 Å². The number of ether oxygens (including phenoxy) is 1. The van der Waals surface area contributed by atoms with Gasteiger partial charge in [0.1, 0.15) is 27.9 Å². The zero-order valence-electron chi connectivity index (χ0n) is 17.3. The lowest BCUT2D eigenvalue weighted by molar-refractivity contribution is 0.0693. The fraction of sp³-hybridized carbons (Fsp3) is 0.400. The van der Waals surface area contributed by atoms with Gasteiger partial charge in [-0.3, -0.25) is 0 Å². The zero-order chi connectivity index (χ0) is 22.6. The van der Waals surface area contributed by atoms with Gasteiger partial charge in [-0.25, -0.2) is 18.2 Å². The van der Waals surface area contributed by atoms with Crippen molar-refractivity contribution in [3.8, 4) is 11.6 Å². The Balaban J connectivity index is 2.50. The number of carboxylic acid groups (broad SMARTS) is 1. The van der Waals surface area contributed by atoms with E-state index in [1.807, 2.05) is 0 Å². The standard InChI is InChI=1S/C20H25ClN2O6S/c1-12-8-15(21)9-13(2)18(12)29-19-17(20(25)26)16(10-14(3)22-19)23(11-24)6-5-7-30(4,27)28/h8-10,24H,5-7,11H2,1-4H3,(H,25,26). The van der Waals surface area contributed by atoms with E-state index < -0.39 is 22.5 Å². The molecule has 0 bridgehead atoms. The average Bonchev–Trinajstić information content (AvgIpc) is 2.60. The Kier molecular flexibility index (Phi) is 7.68. The Morgan fingerprint density at radius 1 is 1.20 bits per heavy atom. The molecule has 0 radical (unpaired) electrons. The lowest BCUT2D eigenvalue weighted by Gasteiger charge is -2.25. The Hall–Kier alpha value is -2.36. The highest BCUT2D eigenvalue weighted by Crippen LogP contribution is 2.36. The molecule has 30 heavy (non-hydrogen) atoms. The fourth-order valence-electron chi connectivity index (χ4n) is 3.09. The summed E-state index contributed by atoms with van der Waals surface area (Å²) in [5, 5.41) is 20.2. The molecule has 1 aromatic carbocycles. The van der Waals surface area contributed by atoms with E-state index in [1.165, 1.54) is 11.0 Å². The van der Waals surface area contributed by atoms with Crippen LogP contribution in [0, 0.1) is 20.8 Å². The van der Waals surface area contributed by atoms with E-state index in [2.05, 4.69) is 4.98 Å². The summed E-state index contributed by atoms with van der Waals surface area (Å²) < 4.78 is 28.7. The Morgan fingerprint density at radius 2 is 1.80 bits per heavy atom. The highest BCUT2D eigenvalue weighted by Gasteiger charge is 2.25. The number of aromatic nitrogens is 1. The van der Waals surface area contributed by atoms with Gasteiger partial charge in [0.2, 0.25) is 5.88 Å². The van der Waals surface area contributed by atoms with Crippen molar-refractivity contribution in [1.82, 2.24) is 4.98 Å². The highest BCUT2D eigenvalue weighted by atomic mass is 35.5. The fourth-order valence-corrected chi connectivity index (χ4v) is 4.07. The second-order valence-electron chi connectivity index (χ2n) is 7.13. The molecule has 2 rings (SSSR count). The van der Waals surface area contributed by atoms with Crippen LogP contribution >= 0.6 is 11.6 Å². The van der Waals surface area contributed by atoms with Crippen molar-refractivity contribution in [1.29, 1.82) is 0 Å². The van der Waals surface area contributed by atoms with E-state index in [9.17, 15) is 23.4 Å². The molecular weight excluding hydrogens is 432 g/mol. The summed E-state index contributed by atoms with van der Waals surface area (Å²) in [6, 6.07) is 4.92.